The summed E-state index contributed by atoms with van der Waals surface area (Å²) in [6.07, 6.45) is 5.23. The summed E-state index contributed by atoms with van der Waals surface area (Å²) in [5, 5.41) is 5.10. The molecule has 1 N–H and O–H groups in total. The molecule has 1 aromatic rings. The van der Waals surface area contributed by atoms with E-state index in [1.54, 1.807) is 19.2 Å². The van der Waals surface area contributed by atoms with Gasteiger partial charge in [-0.15, -0.1) is 11.3 Å². The van der Waals surface area contributed by atoms with Crippen molar-refractivity contribution < 1.29 is 8.42 Å². The molecule has 1 saturated carbocycles. The first kappa shape index (κ1) is 18.2. The number of thiophene rings is 1. The van der Waals surface area contributed by atoms with Crippen molar-refractivity contribution in [3.05, 3.63) is 15.3 Å². The van der Waals surface area contributed by atoms with Crippen molar-refractivity contribution >= 4 is 32.8 Å². The molecule has 6 heteroatoms. The molecule has 0 aliphatic heterocycles. The van der Waals surface area contributed by atoms with E-state index in [0.29, 0.717) is 11.6 Å². The minimum absolute atomic E-state index is 0.289. The van der Waals surface area contributed by atoms with Gasteiger partial charge in [0, 0.05) is 16.8 Å². The van der Waals surface area contributed by atoms with E-state index in [1.807, 2.05) is 0 Å². The van der Waals surface area contributed by atoms with Crippen LogP contribution in [0.4, 0.5) is 0 Å². The molecule has 0 saturated heterocycles. The number of halogens is 1. The van der Waals surface area contributed by atoms with E-state index in [2.05, 4.69) is 12.2 Å². The molecule has 1 aromatic heterocycles. The van der Waals surface area contributed by atoms with Crippen molar-refractivity contribution in [3.63, 3.8) is 0 Å². The Hall–Kier alpha value is -0.100. The molecule has 0 amide bonds. The molecule has 0 unspecified atom stereocenters. The molecule has 1 heterocycles. The third-order valence-corrected chi connectivity index (χ3v) is 8.52. The zero-order valence-electron chi connectivity index (χ0n) is 13.6. The van der Waals surface area contributed by atoms with Crippen molar-refractivity contribution in [1.82, 2.24) is 5.32 Å². The quantitative estimate of drug-likeness (QED) is 0.809. The average Bonchev–Trinajstić information content (AvgIpc) is 2.83. The van der Waals surface area contributed by atoms with E-state index in [9.17, 15) is 8.42 Å². The smallest absolute Gasteiger partial charge is 0.182 e. The minimum Gasteiger partial charge on any atom is -0.312 e. The summed E-state index contributed by atoms with van der Waals surface area (Å²) in [6.45, 7) is 7.35. The lowest BCUT2D eigenvalue weighted by atomic mass is 9.83. The van der Waals surface area contributed by atoms with Crippen molar-refractivity contribution in [2.75, 3.05) is 6.54 Å². The lowest BCUT2D eigenvalue weighted by Gasteiger charge is -2.26. The maximum absolute atomic E-state index is 12.2. The Kier molecular flexibility index (Phi) is 6.34. The third kappa shape index (κ3) is 4.25. The number of nitrogens with one attached hydrogen (secondary N) is 1. The lowest BCUT2D eigenvalue weighted by molar-refractivity contribution is 0.281. The van der Waals surface area contributed by atoms with Gasteiger partial charge >= 0.3 is 0 Å². The predicted molar refractivity (Wildman–Crippen MR) is 94.5 cm³/mol. The third-order valence-electron chi connectivity index (χ3n) is 4.55. The van der Waals surface area contributed by atoms with Crippen LogP contribution in [0, 0.1) is 11.8 Å². The summed E-state index contributed by atoms with van der Waals surface area (Å²) in [6, 6.07) is 0. The molecule has 22 heavy (non-hydrogen) atoms. The highest BCUT2D eigenvalue weighted by Crippen LogP contribution is 2.34. The summed E-state index contributed by atoms with van der Waals surface area (Å²) in [4.78, 5) is 1.21. The molecule has 0 spiro atoms. The van der Waals surface area contributed by atoms with Gasteiger partial charge in [-0.1, -0.05) is 31.4 Å². The highest BCUT2D eigenvalue weighted by Gasteiger charge is 2.25. The fraction of sp³-hybridized carbons (Fsp3) is 0.750. The van der Waals surface area contributed by atoms with Crippen molar-refractivity contribution in [2.45, 2.75) is 63.1 Å². The van der Waals surface area contributed by atoms with Crippen LogP contribution in [-0.4, -0.2) is 20.2 Å². The van der Waals surface area contributed by atoms with Crippen LogP contribution in [0.25, 0.3) is 0 Å². The van der Waals surface area contributed by atoms with Crippen LogP contribution >= 0.6 is 22.9 Å². The van der Waals surface area contributed by atoms with Gasteiger partial charge in [0.15, 0.2) is 9.84 Å². The van der Waals surface area contributed by atoms with Gasteiger partial charge in [0.1, 0.15) is 0 Å². The first-order valence-electron chi connectivity index (χ1n) is 8.02. The molecule has 0 atom stereocenters. The van der Waals surface area contributed by atoms with E-state index >= 15 is 0 Å². The summed E-state index contributed by atoms with van der Waals surface area (Å²) < 4.78 is 24.4. The van der Waals surface area contributed by atoms with E-state index in [-0.39, 0.29) is 4.90 Å². The Balaban J connectivity index is 1.91. The Labute approximate surface area is 143 Å². The molecule has 3 nitrogen and oxygen atoms in total. The Bertz CT molecular complexity index is 587. The standard InChI is InChI=1S/C16H26ClNO2S2/c1-11(2)22(19,20)15-10-21-14(16(15)17)9-18-8-13-6-4-12(3)5-7-13/h10-13,18H,4-9H2,1-3H3. The molecule has 1 fully saturated rings. The van der Waals surface area contributed by atoms with E-state index in [4.69, 9.17) is 11.6 Å². The second-order valence-corrected chi connectivity index (χ2v) is 10.5. The van der Waals surface area contributed by atoms with Crippen LogP contribution in [-0.2, 0) is 16.4 Å². The van der Waals surface area contributed by atoms with Crippen LogP contribution in [0.15, 0.2) is 10.3 Å². The van der Waals surface area contributed by atoms with Gasteiger partial charge in [-0.2, -0.15) is 0 Å². The van der Waals surface area contributed by atoms with Gasteiger partial charge in [0.05, 0.1) is 15.2 Å². The zero-order chi connectivity index (χ0) is 16.3. The maximum Gasteiger partial charge on any atom is 0.182 e. The molecule has 1 aliphatic carbocycles. The largest absolute Gasteiger partial charge is 0.312 e. The summed E-state index contributed by atoms with van der Waals surface area (Å²) in [5.41, 5.74) is 0. The SMILES string of the molecule is CC1CCC(CNCc2scc(S(=O)(=O)C(C)C)c2Cl)CC1. The number of hydrogen-bond acceptors (Lipinski definition) is 4. The predicted octanol–water partition coefficient (Wildman–Crippen LogP) is 4.50. The first-order valence-corrected chi connectivity index (χ1v) is 10.8. The molecular formula is C16H26ClNO2S2. The summed E-state index contributed by atoms with van der Waals surface area (Å²) in [5.74, 6) is 1.61. The van der Waals surface area contributed by atoms with E-state index in [1.165, 1.54) is 37.0 Å². The molecule has 1 aliphatic rings. The maximum atomic E-state index is 12.2. The highest BCUT2D eigenvalue weighted by molar-refractivity contribution is 7.92. The topological polar surface area (TPSA) is 46.2 Å². The monoisotopic (exact) mass is 363 g/mol. The number of hydrogen-bond donors (Lipinski definition) is 1. The van der Waals surface area contributed by atoms with Crippen molar-refractivity contribution in [2.24, 2.45) is 11.8 Å². The summed E-state index contributed by atoms with van der Waals surface area (Å²) >= 11 is 7.72. The molecule has 126 valence electrons. The van der Waals surface area contributed by atoms with Gasteiger partial charge in [0.25, 0.3) is 0 Å². The van der Waals surface area contributed by atoms with Gasteiger partial charge in [0.2, 0.25) is 0 Å². The normalized spacial score (nSPS) is 23.1. The van der Waals surface area contributed by atoms with Gasteiger partial charge < -0.3 is 5.32 Å². The van der Waals surface area contributed by atoms with E-state index < -0.39 is 15.1 Å². The molecule has 0 aromatic carbocycles. The lowest BCUT2D eigenvalue weighted by Crippen LogP contribution is -2.25. The van der Waals surface area contributed by atoms with Crippen LogP contribution in [0.5, 0.6) is 0 Å². The van der Waals surface area contributed by atoms with Crippen LogP contribution in [0.3, 0.4) is 0 Å². The molecule has 0 radical (unpaired) electrons. The van der Waals surface area contributed by atoms with Crippen molar-refractivity contribution in [3.8, 4) is 0 Å². The second-order valence-electron chi connectivity index (χ2n) is 6.69. The fourth-order valence-electron chi connectivity index (χ4n) is 2.85. The van der Waals surface area contributed by atoms with Gasteiger partial charge in [-0.25, -0.2) is 8.42 Å². The Morgan fingerprint density at radius 1 is 1.32 bits per heavy atom. The van der Waals surface area contributed by atoms with Crippen LogP contribution in [0.1, 0.15) is 51.3 Å². The number of rotatable bonds is 6. The second kappa shape index (κ2) is 7.65. The van der Waals surface area contributed by atoms with Gasteiger partial charge in [-0.3, -0.25) is 0 Å². The molecular weight excluding hydrogens is 338 g/mol. The van der Waals surface area contributed by atoms with Crippen LogP contribution < -0.4 is 5.32 Å². The molecule has 2 rings (SSSR count). The van der Waals surface area contributed by atoms with Gasteiger partial charge in [-0.05, 0) is 45.1 Å². The minimum atomic E-state index is -3.29. The summed E-state index contributed by atoms with van der Waals surface area (Å²) in [7, 11) is -3.29. The first-order chi connectivity index (χ1) is 10.3. The highest BCUT2D eigenvalue weighted by atomic mass is 35.5. The van der Waals surface area contributed by atoms with Crippen molar-refractivity contribution in [1.29, 1.82) is 0 Å². The van der Waals surface area contributed by atoms with E-state index in [0.717, 1.165) is 23.3 Å². The Morgan fingerprint density at radius 2 is 1.95 bits per heavy atom. The zero-order valence-corrected chi connectivity index (χ0v) is 16.0. The fourth-order valence-corrected chi connectivity index (χ4v) is 5.89. The Morgan fingerprint density at radius 3 is 2.55 bits per heavy atom. The number of sulfone groups is 1. The molecule has 0 bridgehead atoms. The average molecular weight is 364 g/mol. The van der Waals surface area contributed by atoms with Crippen LogP contribution in [0.2, 0.25) is 5.02 Å².